The van der Waals surface area contributed by atoms with Gasteiger partial charge in [-0.15, -0.1) is 0 Å². The maximum Gasteiger partial charge on any atom is 0.302 e. The molecule has 3 aliphatic heterocycles. The lowest BCUT2D eigenvalue weighted by Crippen LogP contribution is -2.77. The van der Waals surface area contributed by atoms with Gasteiger partial charge in [0.2, 0.25) is 0 Å². The van der Waals surface area contributed by atoms with Crippen molar-refractivity contribution >= 4 is 5.97 Å². The summed E-state index contributed by atoms with van der Waals surface area (Å²) < 4.78 is 31.4. The largest absolute Gasteiger partial charge is 0.472 e. The second-order valence-corrected chi connectivity index (χ2v) is 10.0. The number of fused-ring (bicyclic) bond motifs is 2. The molecule has 6 nitrogen and oxygen atoms in total. The molecule has 2 aliphatic carbocycles. The van der Waals surface area contributed by atoms with E-state index in [0.29, 0.717) is 12.5 Å². The molecule has 0 amide bonds. The lowest BCUT2D eigenvalue weighted by molar-refractivity contribution is -0.392. The van der Waals surface area contributed by atoms with Crippen LogP contribution in [0.4, 0.5) is 0 Å². The Hall–Kier alpha value is -1.37. The van der Waals surface area contributed by atoms with Crippen LogP contribution in [0.3, 0.4) is 0 Å². The first kappa shape index (κ1) is 17.5. The van der Waals surface area contributed by atoms with Gasteiger partial charge in [-0.3, -0.25) is 4.79 Å². The average molecular weight is 388 g/mol. The summed E-state index contributed by atoms with van der Waals surface area (Å²) in [5.41, 5.74) is -0.530. The van der Waals surface area contributed by atoms with E-state index in [4.69, 9.17) is 23.4 Å². The zero-order valence-corrected chi connectivity index (χ0v) is 16.9. The maximum atomic E-state index is 12.1. The Morgan fingerprint density at radius 3 is 2.86 bits per heavy atom. The van der Waals surface area contributed by atoms with Crippen LogP contribution in [0.2, 0.25) is 0 Å². The van der Waals surface area contributed by atoms with E-state index < -0.39 is 16.8 Å². The van der Waals surface area contributed by atoms with Crippen LogP contribution in [0.5, 0.6) is 0 Å². The summed E-state index contributed by atoms with van der Waals surface area (Å²) in [6.45, 7) is 8.74. The van der Waals surface area contributed by atoms with Crippen molar-refractivity contribution in [2.75, 3.05) is 6.61 Å². The van der Waals surface area contributed by atoms with Crippen molar-refractivity contribution in [3.05, 3.63) is 24.2 Å². The van der Waals surface area contributed by atoms with Crippen LogP contribution in [0.1, 0.15) is 58.9 Å². The van der Waals surface area contributed by atoms with Crippen molar-refractivity contribution in [1.29, 1.82) is 0 Å². The highest BCUT2D eigenvalue weighted by molar-refractivity contribution is 5.66. The normalized spacial score (nSPS) is 55.9. The Labute approximate surface area is 164 Å². The number of ether oxygens (including phenoxy) is 4. The zero-order chi connectivity index (χ0) is 19.6. The molecule has 3 saturated heterocycles. The van der Waals surface area contributed by atoms with Crippen molar-refractivity contribution in [3.8, 4) is 0 Å². The molecule has 28 heavy (non-hydrogen) atoms. The zero-order valence-electron chi connectivity index (χ0n) is 16.9. The van der Waals surface area contributed by atoms with Gasteiger partial charge in [0.05, 0.1) is 36.3 Å². The molecule has 1 aromatic heterocycles. The fraction of sp³-hybridized carbons (Fsp3) is 0.773. The van der Waals surface area contributed by atoms with E-state index in [0.717, 1.165) is 31.2 Å². The molecular formula is C22H28O6. The summed E-state index contributed by atoms with van der Waals surface area (Å²) in [6.07, 6.45) is 6.76. The summed E-state index contributed by atoms with van der Waals surface area (Å²) >= 11 is 0. The second-order valence-electron chi connectivity index (χ2n) is 10.0. The lowest BCUT2D eigenvalue weighted by Gasteiger charge is -2.66. The van der Waals surface area contributed by atoms with Crippen molar-refractivity contribution in [1.82, 2.24) is 0 Å². The number of hydrogen-bond donors (Lipinski definition) is 0. The summed E-state index contributed by atoms with van der Waals surface area (Å²) in [6, 6.07) is 1.94. The van der Waals surface area contributed by atoms with Crippen LogP contribution in [-0.4, -0.2) is 36.0 Å². The quantitative estimate of drug-likeness (QED) is 0.570. The predicted octanol–water partition coefficient (Wildman–Crippen LogP) is 3.54. The molecule has 1 unspecified atom stereocenters. The highest BCUT2D eigenvalue weighted by Crippen LogP contribution is 2.80. The summed E-state index contributed by atoms with van der Waals surface area (Å²) in [4.78, 5) is 12.1. The fourth-order valence-corrected chi connectivity index (χ4v) is 7.62. The van der Waals surface area contributed by atoms with Crippen LogP contribution in [0, 0.1) is 16.7 Å². The molecule has 2 saturated carbocycles. The monoisotopic (exact) mass is 388 g/mol. The third-order valence-corrected chi connectivity index (χ3v) is 9.18. The van der Waals surface area contributed by atoms with E-state index in [-0.39, 0.29) is 29.2 Å². The van der Waals surface area contributed by atoms with Gasteiger partial charge in [-0.25, -0.2) is 0 Å². The fourth-order valence-electron chi connectivity index (χ4n) is 7.62. The van der Waals surface area contributed by atoms with E-state index in [1.165, 1.54) is 6.92 Å². The number of hydrogen-bond acceptors (Lipinski definition) is 6. The number of rotatable bonds is 2. The average Bonchev–Trinajstić information content (AvgIpc) is 3.00. The lowest BCUT2D eigenvalue weighted by atomic mass is 9.41. The number of carbonyl (C=O) groups is 1. The molecule has 5 fully saturated rings. The first-order chi connectivity index (χ1) is 13.2. The third-order valence-electron chi connectivity index (χ3n) is 9.18. The van der Waals surface area contributed by atoms with Gasteiger partial charge in [0.1, 0.15) is 11.7 Å². The van der Waals surface area contributed by atoms with Gasteiger partial charge in [0.15, 0.2) is 5.79 Å². The van der Waals surface area contributed by atoms with Gasteiger partial charge in [0.25, 0.3) is 0 Å². The Morgan fingerprint density at radius 1 is 1.32 bits per heavy atom. The van der Waals surface area contributed by atoms with Gasteiger partial charge >= 0.3 is 5.97 Å². The number of furan rings is 1. The summed E-state index contributed by atoms with van der Waals surface area (Å²) in [7, 11) is 0. The molecule has 4 heterocycles. The summed E-state index contributed by atoms with van der Waals surface area (Å²) in [5, 5.41) is 0. The predicted molar refractivity (Wildman–Crippen MR) is 97.2 cm³/mol. The topological polar surface area (TPSA) is 70.4 Å². The van der Waals surface area contributed by atoms with Gasteiger partial charge in [0, 0.05) is 24.3 Å². The van der Waals surface area contributed by atoms with Gasteiger partial charge in [-0.05, 0) is 38.2 Å². The molecule has 5 aliphatic rings. The Bertz CT molecular complexity index is 851. The van der Waals surface area contributed by atoms with Crippen LogP contribution in [-0.2, 0) is 29.5 Å². The Morgan fingerprint density at radius 2 is 2.14 bits per heavy atom. The minimum Gasteiger partial charge on any atom is -0.472 e. The Balaban J connectivity index is 1.58. The highest BCUT2D eigenvalue weighted by Gasteiger charge is 2.89. The molecule has 0 N–H and O–H groups in total. The van der Waals surface area contributed by atoms with Gasteiger partial charge in [-0.1, -0.05) is 13.8 Å². The SMILES string of the molecule is CC(=O)O[C@H]1CC(C)[C@@]2(C)C[C@@]3(c4ccoc4)OC[C@]14[C@]2(CC[C@H]1O[C@]14C)O3. The standard InChI is InChI=1S/C22H28O6/c1-13-9-17(26-14(2)23)20-12-25-21(15-6-8-24-10-15)11-18(13,3)22(20,28-21)7-5-16-19(20,4)27-16/h6,8,10,13,16-17H,5,7,9,11-12H2,1-4H3/t13?,16-,17+,18-,19-,20+,21-,22-/m1/s1. The second kappa shape index (κ2) is 4.85. The van der Waals surface area contributed by atoms with E-state index in [9.17, 15) is 4.79 Å². The number of esters is 1. The smallest absolute Gasteiger partial charge is 0.302 e. The van der Waals surface area contributed by atoms with Gasteiger partial charge in [-0.2, -0.15) is 0 Å². The van der Waals surface area contributed by atoms with Gasteiger partial charge < -0.3 is 23.4 Å². The molecule has 1 spiro atoms. The Kier molecular flexibility index (Phi) is 3.03. The van der Waals surface area contributed by atoms with Crippen LogP contribution in [0.15, 0.2) is 23.0 Å². The van der Waals surface area contributed by atoms with Crippen LogP contribution >= 0.6 is 0 Å². The molecule has 152 valence electrons. The van der Waals surface area contributed by atoms with E-state index in [1.807, 2.05) is 6.07 Å². The van der Waals surface area contributed by atoms with Crippen molar-refractivity contribution in [3.63, 3.8) is 0 Å². The minimum absolute atomic E-state index is 0.114. The number of epoxide rings is 1. The van der Waals surface area contributed by atoms with Crippen molar-refractivity contribution in [2.45, 2.75) is 82.6 Å². The molecule has 0 aromatic carbocycles. The first-order valence-electron chi connectivity index (χ1n) is 10.4. The summed E-state index contributed by atoms with van der Waals surface area (Å²) in [5.74, 6) is -0.733. The highest BCUT2D eigenvalue weighted by atomic mass is 16.7. The third kappa shape index (κ3) is 1.60. The molecule has 6 rings (SSSR count). The van der Waals surface area contributed by atoms with Crippen LogP contribution < -0.4 is 0 Å². The van der Waals surface area contributed by atoms with E-state index >= 15 is 0 Å². The molecule has 0 radical (unpaired) electrons. The molecule has 1 aromatic rings. The van der Waals surface area contributed by atoms with Crippen molar-refractivity contribution in [2.24, 2.45) is 16.7 Å². The maximum absolute atomic E-state index is 12.1. The molecule has 6 heteroatoms. The number of carbonyl (C=O) groups excluding carboxylic acids is 1. The first-order valence-corrected chi connectivity index (χ1v) is 10.4. The van der Waals surface area contributed by atoms with E-state index in [2.05, 4.69) is 20.8 Å². The molecule has 2 bridgehead atoms. The van der Waals surface area contributed by atoms with E-state index in [1.54, 1.807) is 12.5 Å². The molecule has 8 atom stereocenters. The van der Waals surface area contributed by atoms with Crippen LogP contribution in [0.25, 0.3) is 0 Å². The molecular weight excluding hydrogens is 360 g/mol. The van der Waals surface area contributed by atoms with Crippen molar-refractivity contribution < 1.29 is 28.2 Å². The minimum atomic E-state index is -0.803.